The molecule has 0 aromatic carbocycles. The molecule has 0 atom stereocenters. The molecular weight excluding hydrogens is 272 g/mol. The van der Waals surface area contributed by atoms with Crippen LogP contribution in [0.15, 0.2) is 11.1 Å². The molecule has 0 aliphatic rings. The van der Waals surface area contributed by atoms with Crippen molar-refractivity contribution < 1.29 is 9.22 Å². The van der Waals surface area contributed by atoms with E-state index in [-0.39, 0.29) is 10.8 Å². The van der Waals surface area contributed by atoms with Gasteiger partial charge >= 0.3 is 0 Å². The van der Waals surface area contributed by atoms with E-state index in [9.17, 15) is 4.79 Å². The van der Waals surface area contributed by atoms with Gasteiger partial charge < -0.3 is 4.43 Å². The summed E-state index contributed by atoms with van der Waals surface area (Å²) in [6, 6.07) is 0. The SMILES string of the molecule is CC(C)(C)[Si](C)(C)OCCC(=O)/C=C/Br. The lowest BCUT2D eigenvalue weighted by molar-refractivity contribution is -0.115. The summed E-state index contributed by atoms with van der Waals surface area (Å²) in [5, 5.41) is 0.210. The average Bonchev–Trinajstić information content (AvgIpc) is 2.01. The van der Waals surface area contributed by atoms with Gasteiger partial charge in [0.05, 0.1) is 0 Å². The van der Waals surface area contributed by atoms with Gasteiger partial charge in [-0.25, -0.2) is 0 Å². The van der Waals surface area contributed by atoms with Crippen molar-refractivity contribution in [2.24, 2.45) is 0 Å². The Bertz CT molecular complexity index is 241. The molecule has 0 saturated carbocycles. The summed E-state index contributed by atoms with van der Waals surface area (Å²) in [6.07, 6.45) is 1.99. The van der Waals surface area contributed by atoms with Crippen LogP contribution in [0.1, 0.15) is 27.2 Å². The Balaban J connectivity index is 4.01. The van der Waals surface area contributed by atoms with Crippen molar-refractivity contribution in [1.29, 1.82) is 0 Å². The molecule has 0 saturated heterocycles. The minimum absolute atomic E-state index is 0.102. The second-order valence-electron chi connectivity index (χ2n) is 5.12. The number of rotatable bonds is 5. The Morgan fingerprint density at radius 2 is 1.93 bits per heavy atom. The molecule has 0 fully saturated rings. The van der Waals surface area contributed by atoms with Crippen LogP contribution in [0, 0.1) is 0 Å². The number of allylic oxidation sites excluding steroid dienone is 1. The van der Waals surface area contributed by atoms with E-state index in [0.29, 0.717) is 13.0 Å². The normalized spacial score (nSPS) is 13.5. The zero-order chi connectivity index (χ0) is 12.1. The van der Waals surface area contributed by atoms with Gasteiger partial charge in [-0.2, -0.15) is 0 Å². The molecular formula is C11H21BrO2Si. The molecule has 0 rings (SSSR count). The van der Waals surface area contributed by atoms with Gasteiger partial charge in [-0.1, -0.05) is 36.7 Å². The van der Waals surface area contributed by atoms with Crippen molar-refractivity contribution in [3.05, 3.63) is 11.1 Å². The molecule has 0 aromatic heterocycles. The first kappa shape index (κ1) is 15.1. The lowest BCUT2D eigenvalue weighted by Gasteiger charge is -2.36. The highest BCUT2D eigenvalue weighted by Gasteiger charge is 2.36. The van der Waals surface area contributed by atoms with E-state index in [0.717, 1.165) is 0 Å². The predicted molar refractivity (Wildman–Crippen MR) is 70.8 cm³/mol. The summed E-state index contributed by atoms with van der Waals surface area (Å²) < 4.78 is 5.88. The predicted octanol–water partition coefficient (Wildman–Crippen LogP) is 3.88. The van der Waals surface area contributed by atoms with Crippen molar-refractivity contribution in [3.63, 3.8) is 0 Å². The van der Waals surface area contributed by atoms with Gasteiger partial charge in [-0.15, -0.1) is 0 Å². The first-order valence-electron chi connectivity index (χ1n) is 5.14. The first-order valence-corrected chi connectivity index (χ1v) is 8.96. The molecule has 0 radical (unpaired) electrons. The van der Waals surface area contributed by atoms with Gasteiger partial charge in [0.2, 0.25) is 0 Å². The average molecular weight is 293 g/mol. The van der Waals surface area contributed by atoms with Crippen LogP contribution in [0.4, 0.5) is 0 Å². The maximum atomic E-state index is 11.2. The minimum atomic E-state index is -1.68. The van der Waals surface area contributed by atoms with E-state index >= 15 is 0 Å². The maximum absolute atomic E-state index is 11.2. The van der Waals surface area contributed by atoms with Crippen LogP contribution in [0.3, 0.4) is 0 Å². The third kappa shape index (κ3) is 5.63. The molecule has 0 bridgehead atoms. The van der Waals surface area contributed by atoms with Crippen molar-refractivity contribution in [1.82, 2.24) is 0 Å². The third-order valence-corrected chi connectivity index (χ3v) is 7.67. The zero-order valence-electron chi connectivity index (χ0n) is 10.3. The van der Waals surface area contributed by atoms with Gasteiger partial charge in [-0.05, 0) is 29.2 Å². The summed E-state index contributed by atoms with van der Waals surface area (Å²) in [5.41, 5.74) is 0. The lowest BCUT2D eigenvalue weighted by Crippen LogP contribution is -2.41. The molecule has 0 heterocycles. The molecule has 0 unspecified atom stereocenters. The standard InChI is InChI=1S/C11H21BrO2Si/c1-11(2,3)15(4,5)14-9-7-10(13)6-8-12/h6,8H,7,9H2,1-5H3/b8-6+. The summed E-state index contributed by atoms with van der Waals surface area (Å²) in [4.78, 5) is 12.8. The summed E-state index contributed by atoms with van der Waals surface area (Å²) in [6.45, 7) is 11.5. The van der Waals surface area contributed by atoms with Gasteiger partial charge in [0.1, 0.15) is 0 Å². The highest BCUT2D eigenvalue weighted by atomic mass is 79.9. The molecule has 0 aliphatic carbocycles. The topological polar surface area (TPSA) is 26.3 Å². The van der Waals surface area contributed by atoms with Crippen molar-refractivity contribution in [3.8, 4) is 0 Å². The van der Waals surface area contributed by atoms with Crippen LogP contribution in [0.5, 0.6) is 0 Å². The Kier molecular flexibility index (Phi) is 5.99. The second kappa shape index (κ2) is 5.96. The fourth-order valence-electron chi connectivity index (χ4n) is 0.777. The highest BCUT2D eigenvalue weighted by molar-refractivity contribution is 9.11. The molecule has 88 valence electrons. The van der Waals surface area contributed by atoms with Crippen LogP contribution in [-0.4, -0.2) is 20.7 Å². The number of carbonyl (C=O) groups is 1. The molecule has 4 heteroatoms. The van der Waals surface area contributed by atoms with E-state index in [2.05, 4.69) is 49.8 Å². The number of hydrogen-bond acceptors (Lipinski definition) is 2. The summed E-state index contributed by atoms with van der Waals surface area (Å²) in [5.74, 6) is 0.102. The Hall–Kier alpha value is 0.0669. The molecule has 0 aliphatic heterocycles. The van der Waals surface area contributed by atoms with Gasteiger partial charge in [0, 0.05) is 13.0 Å². The van der Waals surface area contributed by atoms with Crippen LogP contribution in [0.25, 0.3) is 0 Å². The van der Waals surface area contributed by atoms with Crippen LogP contribution in [-0.2, 0) is 9.22 Å². The number of halogens is 1. The monoisotopic (exact) mass is 292 g/mol. The summed E-state index contributed by atoms with van der Waals surface area (Å²) in [7, 11) is -1.68. The molecule has 0 amide bonds. The summed E-state index contributed by atoms with van der Waals surface area (Å²) >= 11 is 3.08. The molecule has 0 N–H and O–H groups in total. The van der Waals surface area contributed by atoms with E-state index in [1.807, 2.05) is 0 Å². The first-order chi connectivity index (χ1) is 6.70. The van der Waals surface area contributed by atoms with Crippen molar-refractivity contribution in [2.45, 2.75) is 45.3 Å². The minimum Gasteiger partial charge on any atom is -0.416 e. The van der Waals surface area contributed by atoms with Gasteiger partial charge in [0.15, 0.2) is 14.1 Å². The van der Waals surface area contributed by atoms with Crippen LogP contribution >= 0.6 is 15.9 Å². The Morgan fingerprint density at radius 1 is 1.40 bits per heavy atom. The van der Waals surface area contributed by atoms with E-state index < -0.39 is 8.32 Å². The zero-order valence-corrected chi connectivity index (χ0v) is 12.8. The molecule has 0 aromatic rings. The fraction of sp³-hybridized carbons (Fsp3) is 0.727. The Labute approximate surface area is 102 Å². The number of ketones is 1. The molecule has 15 heavy (non-hydrogen) atoms. The lowest BCUT2D eigenvalue weighted by atomic mass is 10.2. The smallest absolute Gasteiger partial charge is 0.191 e. The third-order valence-electron chi connectivity index (χ3n) is 2.87. The van der Waals surface area contributed by atoms with Crippen LogP contribution < -0.4 is 0 Å². The Morgan fingerprint density at radius 3 is 2.33 bits per heavy atom. The van der Waals surface area contributed by atoms with Crippen molar-refractivity contribution >= 4 is 30.0 Å². The maximum Gasteiger partial charge on any atom is 0.191 e. The van der Waals surface area contributed by atoms with E-state index in [4.69, 9.17) is 4.43 Å². The van der Waals surface area contributed by atoms with Gasteiger partial charge in [0.25, 0.3) is 0 Å². The van der Waals surface area contributed by atoms with E-state index in [1.54, 1.807) is 4.99 Å². The number of carbonyl (C=O) groups excluding carboxylic acids is 1. The quantitative estimate of drug-likeness (QED) is 0.568. The second-order valence-corrected chi connectivity index (χ2v) is 10.5. The van der Waals surface area contributed by atoms with Gasteiger partial charge in [-0.3, -0.25) is 4.79 Å². The largest absolute Gasteiger partial charge is 0.416 e. The highest BCUT2D eigenvalue weighted by Crippen LogP contribution is 2.36. The fourth-order valence-corrected chi connectivity index (χ4v) is 2.12. The molecule has 2 nitrogen and oxygen atoms in total. The van der Waals surface area contributed by atoms with Crippen molar-refractivity contribution in [2.75, 3.05) is 6.61 Å². The number of hydrogen-bond donors (Lipinski definition) is 0. The molecule has 0 spiro atoms. The van der Waals surface area contributed by atoms with E-state index in [1.165, 1.54) is 6.08 Å². The van der Waals surface area contributed by atoms with Crippen LogP contribution in [0.2, 0.25) is 18.1 Å².